The molecule has 0 unspecified atom stereocenters. The molecule has 2 fully saturated rings. The van der Waals surface area contributed by atoms with Crippen LogP contribution in [0.25, 0.3) is 0 Å². The highest BCUT2D eigenvalue weighted by atomic mass is 32.2. The summed E-state index contributed by atoms with van der Waals surface area (Å²) in [6, 6.07) is 5.87. The molecule has 0 atom stereocenters. The highest BCUT2D eigenvalue weighted by Gasteiger charge is 2.52. The Balaban J connectivity index is 1.70. The van der Waals surface area contributed by atoms with Crippen LogP contribution in [0.2, 0.25) is 0 Å². The van der Waals surface area contributed by atoms with Crippen molar-refractivity contribution in [2.24, 2.45) is 0 Å². The van der Waals surface area contributed by atoms with E-state index in [2.05, 4.69) is 0 Å². The maximum Gasteiger partial charge on any atom is 0.495 e. The summed E-state index contributed by atoms with van der Waals surface area (Å²) < 4.78 is 41.2. The van der Waals surface area contributed by atoms with Gasteiger partial charge in [-0.05, 0) is 70.6 Å². The van der Waals surface area contributed by atoms with Crippen LogP contribution < -0.4 is 10.2 Å². The molecule has 0 aliphatic carbocycles. The van der Waals surface area contributed by atoms with E-state index >= 15 is 0 Å². The minimum atomic E-state index is -2.87. The van der Waals surface area contributed by atoms with Gasteiger partial charge in [-0.3, -0.25) is 0 Å². The lowest BCUT2D eigenvalue weighted by Crippen LogP contribution is -2.41. The van der Waals surface area contributed by atoms with Gasteiger partial charge in [-0.1, -0.05) is 6.07 Å². The molecule has 2 saturated heterocycles. The molecule has 0 radical (unpaired) electrons. The Morgan fingerprint density at radius 3 is 2.16 bits per heavy atom. The lowest BCUT2D eigenvalue weighted by atomic mass is 9.76. The minimum Gasteiger partial charge on any atom is -0.490 e. The summed E-state index contributed by atoms with van der Waals surface area (Å²) in [6.07, 6.45) is 1.08. The Hall–Kier alpha value is -1.05. The largest absolute Gasteiger partial charge is 0.495 e. The summed E-state index contributed by atoms with van der Waals surface area (Å²) in [5, 5.41) is 0. The van der Waals surface area contributed by atoms with E-state index in [0.717, 1.165) is 16.8 Å². The van der Waals surface area contributed by atoms with Crippen LogP contribution in [0.5, 0.6) is 5.75 Å². The number of aryl methyl sites for hydroxylation is 1. The molecule has 5 nitrogen and oxygen atoms in total. The second kappa shape index (κ2) is 6.29. The van der Waals surface area contributed by atoms with Crippen molar-refractivity contribution in [2.75, 3.05) is 11.5 Å². The fourth-order valence-corrected chi connectivity index (χ4v) is 4.58. The first-order chi connectivity index (χ1) is 11.5. The summed E-state index contributed by atoms with van der Waals surface area (Å²) in [5.41, 5.74) is 1.30. The SMILES string of the molecule is Cc1cc(OC2CCS(=O)(=O)CC2)ccc1B1OC(C)(C)C(C)(C)O1. The molecule has 2 aliphatic heterocycles. The number of hydrogen-bond donors (Lipinski definition) is 0. The molecule has 1 aromatic carbocycles. The monoisotopic (exact) mass is 366 g/mol. The fraction of sp³-hybridized carbons (Fsp3) is 0.667. The Morgan fingerprint density at radius 2 is 1.64 bits per heavy atom. The molecule has 0 N–H and O–H groups in total. The van der Waals surface area contributed by atoms with Gasteiger partial charge >= 0.3 is 7.12 Å². The Kier molecular flexibility index (Phi) is 4.71. The van der Waals surface area contributed by atoms with Gasteiger partial charge in [-0.2, -0.15) is 0 Å². The quantitative estimate of drug-likeness (QED) is 0.768. The first-order valence-electron chi connectivity index (χ1n) is 8.82. The second-order valence-corrected chi connectivity index (χ2v) is 10.4. The molecule has 0 spiro atoms. The molecule has 3 rings (SSSR count). The van der Waals surface area contributed by atoms with E-state index in [1.165, 1.54) is 0 Å². The summed E-state index contributed by atoms with van der Waals surface area (Å²) in [6.45, 7) is 10.2. The molecular formula is C18H27BO5S. The lowest BCUT2D eigenvalue weighted by molar-refractivity contribution is 0.00578. The van der Waals surface area contributed by atoms with Crippen LogP contribution in [0.15, 0.2) is 18.2 Å². The third-order valence-corrected chi connectivity index (χ3v) is 7.27. The average Bonchev–Trinajstić information content (AvgIpc) is 2.69. The molecule has 0 saturated carbocycles. The summed E-state index contributed by atoms with van der Waals surface area (Å²) in [5.74, 6) is 1.19. The van der Waals surface area contributed by atoms with Crippen LogP contribution in [-0.4, -0.2) is 44.3 Å². The van der Waals surface area contributed by atoms with E-state index in [-0.39, 0.29) is 35.9 Å². The molecule has 2 aliphatic rings. The fourth-order valence-electron chi connectivity index (χ4n) is 3.13. The third kappa shape index (κ3) is 3.88. The van der Waals surface area contributed by atoms with Gasteiger partial charge in [0.25, 0.3) is 0 Å². The highest BCUT2D eigenvalue weighted by molar-refractivity contribution is 7.91. The average molecular weight is 366 g/mol. The van der Waals surface area contributed by atoms with Crippen LogP contribution in [-0.2, 0) is 19.1 Å². The molecule has 25 heavy (non-hydrogen) atoms. The number of rotatable bonds is 3. The van der Waals surface area contributed by atoms with E-state index in [1.807, 2.05) is 52.8 Å². The summed E-state index contributed by atoms with van der Waals surface area (Å²) in [7, 11) is -3.26. The van der Waals surface area contributed by atoms with Crippen molar-refractivity contribution in [3.05, 3.63) is 23.8 Å². The van der Waals surface area contributed by atoms with Crippen LogP contribution in [0, 0.1) is 6.92 Å². The highest BCUT2D eigenvalue weighted by Crippen LogP contribution is 2.36. The van der Waals surface area contributed by atoms with Crippen molar-refractivity contribution >= 4 is 22.4 Å². The summed E-state index contributed by atoms with van der Waals surface area (Å²) >= 11 is 0. The molecule has 7 heteroatoms. The Labute approximate surface area is 151 Å². The Bertz CT molecular complexity index is 727. The van der Waals surface area contributed by atoms with Gasteiger partial charge < -0.3 is 14.0 Å². The molecule has 1 aromatic rings. The lowest BCUT2D eigenvalue weighted by Gasteiger charge is -2.32. The number of benzene rings is 1. The molecule has 0 amide bonds. The molecule has 138 valence electrons. The van der Waals surface area contributed by atoms with Gasteiger partial charge in [0.2, 0.25) is 0 Å². The third-order valence-electron chi connectivity index (χ3n) is 5.55. The normalized spacial score (nSPS) is 25.1. The van der Waals surface area contributed by atoms with Crippen molar-refractivity contribution in [2.45, 2.75) is 64.8 Å². The number of hydrogen-bond acceptors (Lipinski definition) is 5. The van der Waals surface area contributed by atoms with Crippen molar-refractivity contribution in [3.8, 4) is 5.75 Å². The number of ether oxygens (including phenoxy) is 1. The van der Waals surface area contributed by atoms with Crippen molar-refractivity contribution in [3.63, 3.8) is 0 Å². The van der Waals surface area contributed by atoms with Gasteiger partial charge in [0.1, 0.15) is 11.9 Å². The zero-order valence-corrected chi connectivity index (χ0v) is 16.5. The standard InChI is InChI=1S/C18H27BO5S/c1-13-12-15(22-14-8-10-25(20,21)11-9-14)6-7-16(13)19-23-17(2,3)18(4,5)24-19/h6-7,12,14H,8-11H2,1-5H3. The smallest absolute Gasteiger partial charge is 0.490 e. The van der Waals surface area contributed by atoms with E-state index < -0.39 is 9.84 Å². The predicted molar refractivity (Wildman–Crippen MR) is 99.2 cm³/mol. The first kappa shape index (κ1) is 18.7. The van der Waals surface area contributed by atoms with Crippen LogP contribution in [0.4, 0.5) is 0 Å². The molecule has 2 heterocycles. The molecular weight excluding hydrogens is 339 g/mol. The van der Waals surface area contributed by atoms with E-state index in [4.69, 9.17) is 14.0 Å². The Morgan fingerprint density at radius 1 is 1.08 bits per heavy atom. The summed E-state index contributed by atoms with van der Waals surface area (Å²) in [4.78, 5) is 0. The van der Waals surface area contributed by atoms with Gasteiger partial charge in [0.15, 0.2) is 9.84 Å². The topological polar surface area (TPSA) is 61.8 Å². The maximum absolute atomic E-state index is 11.5. The first-order valence-corrected chi connectivity index (χ1v) is 10.6. The van der Waals surface area contributed by atoms with E-state index in [9.17, 15) is 8.42 Å². The minimum absolute atomic E-state index is 0.0365. The van der Waals surface area contributed by atoms with Crippen LogP contribution >= 0.6 is 0 Å². The van der Waals surface area contributed by atoms with Gasteiger partial charge in [-0.25, -0.2) is 8.42 Å². The molecule has 0 aromatic heterocycles. The van der Waals surface area contributed by atoms with Crippen LogP contribution in [0.3, 0.4) is 0 Å². The van der Waals surface area contributed by atoms with E-state index in [0.29, 0.717) is 12.8 Å². The van der Waals surface area contributed by atoms with Crippen LogP contribution in [0.1, 0.15) is 46.1 Å². The van der Waals surface area contributed by atoms with Crippen molar-refractivity contribution in [1.29, 1.82) is 0 Å². The predicted octanol–water partition coefficient (Wildman–Crippen LogP) is 2.25. The van der Waals surface area contributed by atoms with Gasteiger partial charge in [0.05, 0.1) is 22.7 Å². The second-order valence-electron chi connectivity index (χ2n) is 8.08. The van der Waals surface area contributed by atoms with Crippen molar-refractivity contribution < 1.29 is 22.5 Å². The van der Waals surface area contributed by atoms with Gasteiger partial charge in [-0.15, -0.1) is 0 Å². The zero-order chi connectivity index (χ0) is 18.5. The van der Waals surface area contributed by atoms with E-state index in [1.54, 1.807) is 0 Å². The molecule has 0 bridgehead atoms. The number of sulfone groups is 1. The zero-order valence-electron chi connectivity index (χ0n) is 15.7. The van der Waals surface area contributed by atoms with Gasteiger partial charge in [0, 0.05) is 0 Å². The van der Waals surface area contributed by atoms with Crippen molar-refractivity contribution in [1.82, 2.24) is 0 Å². The maximum atomic E-state index is 11.5.